The number of nitrogens with zero attached hydrogens (tertiary/aromatic N) is 1. The number of rotatable bonds is 1. The van der Waals surface area contributed by atoms with Crippen LogP contribution in [0.15, 0.2) is 0 Å². The Morgan fingerprint density at radius 2 is 2.08 bits per heavy atom. The molecular weight excluding hydrogens is 200 g/mol. The van der Waals surface area contributed by atoms with Gasteiger partial charge in [0.15, 0.2) is 0 Å². The van der Waals surface area contributed by atoms with Crippen molar-refractivity contribution in [2.45, 2.75) is 30.7 Å². The van der Waals surface area contributed by atoms with Crippen molar-refractivity contribution in [2.75, 3.05) is 12.4 Å². The molecule has 0 aromatic carbocycles. The monoisotopic (exact) mass is 209 g/mol. The van der Waals surface area contributed by atoms with Crippen LogP contribution < -0.4 is 0 Å². The van der Waals surface area contributed by atoms with E-state index in [1.165, 1.54) is 4.90 Å². The Hall–Kier alpha value is -0.380. The lowest BCUT2D eigenvalue weighted by Gasteiger charge is -2.21. The molecule has 2 aliphatic rings. The summed E-state index contributed by atoms with van der Waals surface area (Å²) in [7, 11) is 0. The van der Waals surface area contributed by atoms with E-state index in [1.54, 1.807) is 0 Å². The Balaban J connectivity index is 2.16. The second-order valence-corrected chi connectivity index (χ2v) is 4.14. The molecule has 2 nitrogen and oxygen atoms in total. The van der Waals surface area contributed by atoms with Gasteiger partial charge in [-0.2, -0.15) is 0 Å². The van der Waals surface area contributed by atoms with Gasteiger partial charge in [0.1, 0.15) is 5.88 Å². The summed E-state index contributed by atoms with van der Waals surface area (Å²) in [4.78, 5) is 12.5. The predicted molar refractivity (Wildman–Crippen MR) is 44.0 cm³/mol. The zero-order chi connectivity index (χ0) is 9.69. The highest BCUT2D eigenvalue weighted by atomic mass is 35.5. The fourth-order valence-electron chi connectivity index (χ4n) is 2.05. The first kappa shape index (κ1) is 9.19. The maximum Gasteiger partial charge on any atom is 0.267 e. The van der Waals surface area contributed by atoms with Crippen molar-refractivity contribution in [3.63, 3.8) is 0 Å². The lowest BCUT2D eigenvalue weighted by atomic mass is 10.1. The SMILES string of the molecule is O=C(CCl)N1CC(F)(F)CC12CC2. The predicted octanol–water partition coefficient (Wildman–Crippen LogP) is 1.63. The number of alkyl halides is 3. The number of hydrogen-bond acceptors (Lipinski definition) is 1. The van der Waals surface area contributed by atoms with Crippen LogP contribution in [0.4, 0.5) is 8.78 Å². The van der Waals surface area contributed by atoms with Gasteiger partial charge < -0.3 is 4.90 Å². The molecule has 2 rings (SSSR count). The molecule has 1 heterocycles. The minimum atomic E-state index is -2.71. The van der Waals surface area contributed by atoms with Gasteiger partial charge in [-0.3, -0.25) is 4.79 Å². The standard InChI is InChI=1S/C8H10ClF2NO/c9-3-6(13)12-5-8(10,11)4-7(12)1-2-7/h1-5H2. The molecule has 1 aliphatic carbocycles. The Bertz CT molecular complexity index is 253. The molecule has 0 N–H and O–H groups in total. The summed E-state index contributed by atoms with van der Waals surface area (Å²) in [5.74, 6) is -3.27. The van der Waals surface area contributed by atoms with E-state index >= 15 is 0 Å². The van der Waals surface area contributed by atoms with Gasteiger partial charge in [0.2, 0.25) is 5.91 Å². The van der Waals surface area contributed by atoms with Gasteiger partial charge in [0.05, 0.1) is 6.54 Å². The second kappa shape index (κ2) is 2.56. The van der Waals surface area contributed by atoms with E-state index in [0.29, 0.717) is 12.8 Å². The summed E-state index contributed by atoms with van der Waals surface area (Å²) in [6.07, 6.45) is 1.22. The van der Waals surface area contributed by atoms with Crippen LogP contribution in [0.1, 0.15) is 19.3 Å². The average Bonchev–Trinajstić information content (AvgIpc) is 2.72. The van der Waals surface area contributed by atoms with Gasteiger partial charge in [-0.05, 0) is 12.8 Å². The zero-order valence-electron chi connectivity index (χ0n) is 7.02. The molecule has 2 fully saturated rings. The number of carbonyl (C=O) groups excluding carboxylic acids is 1. The van der Waals surface area contributed by atoms with Gasteiger partial charge in [-0.1, -0.05) is 0 Å². The van der Waals surface area contributed by atoms with Crippen LogP contribution in [0.3, 0.4) is 0 Å². The zero-order valence-corrected chi connectivity index (χ0v) is 7.78. The third kappa shape index (κ3) is 1.41. The van der Waals surface area contributed by atoms with Gasteiger partial charge >= 0.3 is 0 Å². The molecule has 13 heavy (non-hydrogen) atoms. The molecule has 1 aliphatic heterocycles. The summed E-state index contributed by atoms with van der Waals surface area (Å²) in [5, 5.41) is 0. The molecule has 0 aromatic rings. The van der Waals surface area contributed by atoms with Crippen molar-refractivity contribution in [1.82, 2.24) is 4.90 Å². The van der Waals surface area contributed by atoms with Crippen LogP contribution in [0, 0.1) is 0 Å². The molecule has 0 aromatic heterocycles. The van der Waals surface area contributed by atoms with Gasteiger partial charge in [0.25, 0.3) is 5.92 Å². The second-order valence-electron chi connectivity index (χ2n) is 3.87. The molecule has 1 spiro atoms. The van der Waals surface area contributed by atoms with Crippen molar-refractivity contribution >= 4 is 17.5 Å². The van der Waals surface area contributed by atoms with Crippen molar-refractivity contribution in [3.8, 4) is 0 Å². The van der Waals surface area contributed by atoms with Crippen LogP contribution >= 0.6 is 11.6 Å². The van der Waals surface area contributed by atoms with E-state index in [2.05, 4.69) is 0 Å². The van der Waals surface area contributed by atoms with Gasteiger partial charge in [-0.15, -0.1) is 11.6 Å². The summed E-state index contributed by atoms with van der Waals surface area (Å²) in [5.41, 5.74) is -0.532. The lowest BCUT2D eigenvalue weighted by Crippen LogP contribution is -2.38. The van der Waals surface area contributed by atoms with Crippen LogP contribution in [0.25, 0.3) is 0 Å². The van der Waals surface area contributed by atoms with Crippen molar-refractivity contribution in [2.24, 2.45) is 0 Å². The Morgan fingerprint density at radius 1 is 1.46 bits per heavy atom. The normalized spacial score (nSPS) is 28.1. The van der Waals surface area contributed by atoms with E-state index < -0.39 is 18.0 Å². The lowest BCUT2D eigenvalue weighted by molar-refractivity contribution is -0.131. The van der Waals surface area contributed by atoms with Crippen LogP contribution in [0.2, 0.25) is 0 Å². The third-order valence-corrected chi connectivity index (χ3v) is 3.02. The van der Waals surface area contributed by atoms with Crippen molar-refractivity contribution in [1.29, 1.82) is 0 Å². The summed E-state index contributed by atoms with van der Waals surface area (Å²) in [6.45, 7) is -0.446. The van der Waals surface area contributed by atoms with Crippen LogP contribution in [-0.4, -0.2) is 34.7 Å². The number of halogens is 3. The molecule has 0 bridgehead atoms. The first-order chi connectivity index (χ1) is 5.99. The fourth-order valence-corrected chi connectivity index (χ4v) is 2.19. The number of likely N-dealkylation sites (tertiary alicyclic amines) is 1. The van der Waals surface area contributed by atoms with Crippen LogP contribution in [-0.2, 0) is 4.79 Å². The van der Waals surface area contributed by atoms with Gasteiger partial charge in [-0.25, -0.2) is 8.78 Å². The van der Waals surface area contributed by atoms with Gasteiger partial charge in [0, 0.05) is 12.0 Å². The summed E-state index contributed by atoms with van der Waals surface area (Å²) < 4.78 is 26.0. The molecular formula is C8H10ClF2NO. The van der Waals surface area contributed by atoms with Crippen LogP contribution in [0.5, 0.6) is 0 Å². The molecule has 0 atom stereocenters. The first-order valence-electron chi connectivity index (χ1n) is 4.23. The fraction of sp³-hybridized carbons (Fsp3) is 0.875. The smallest absolute Gasteiger partial charge is 0.267 e. The minimum absolute atomic E-state index is 0.178. The molecule has 1 saturated carbocycles. The molecule has 5 heteroatoms. The van der Waals surface area contributed by atoms with E-state index in [-0.39, 0.29) is 18.2 Å². The molecule has 1 saturated heterocycles. The van der Waals surface area contributed by atoms with Crippen molar-refractivity contribution < 1.29 is 13.6 Å². The summed E-state index contributed by atoms with van der Waals surface area (Å²) in [6, 6.07) is 0. The van der Waals surface area contributed by atoms with E-state index in [9.17, 15) is 13.6 Å². The Kier molecular flexibility index (Phi) is 1.81. The molecule has 0 radical (unpaired) electrons. The number of carbonyl (C=O) groups is 1. The first-order valence-corrected chi connectivity index (χ1v) is 4.77. The topological polar surface area (TPSA) is 20.3 Å². The number of amides is 1. The maximum absolute atomic E-state index is 13.0. The molecule has 74 valence electrons. The Labute approximate surface area is 79.8 Å². The number of hydrogen-bond donors (Lipinski definition) is 0. The average molecular weight is 210 g/mol. The summed E-state index contributed by atoms with van der Waals surface area (Å²) >= 11 is 5.34. The third-order valence-electron chi connectivity index (χ3n) is 2.79. The van der Waals surface area contributed by atoms with E-state index in [0.717, 1.165) is 0 Å². The molecule has 0 unspecified atom stereocenters. The quantitative estimate of drug-likeness (QED) is 0.601. The molecule has 1 amide bonds. The highest BCUT2D eigenvalue weighted by Crippen LogP contribution is 2.54. The highest BCUT2D eigenvalue weighted by Gasteiger charge is 2.62. The largest absolute Gasteiger partial charge is 0.330 e. The van der Waals surface area contributed by atoms with Crippen molar-refractivity contribution in [3.05, 3.63) is 0 Å². The highest BCUT2D eigenvalue weighted by molar-refractivity contribution is 6.27. The maximum atomic E-state index is 13.0. The Morgan fingerprint density at radius 3 is 2.54 bits per heavy atom. The van der Waals surface area contributed by atoms with E-state index in [1.807, 2.05) is 0 Å². The van der Waals surface area contributed by atoms with E-state index in [4.69, 9.17) is 11.6 Å². The minimum Gasteiger partial charge on any atom is -0.330 e.